The summed E-state index contributed by atoms with van der Waals surface area (Å²) in [6.45, 7) is 1.89. The van der Waals surface area contributed by atoms with Gasteiger partial charge in [0.1, 0.15) is 10.6 Å². The van der Waals surface area contributed by atoms with Gasteiger partial charge in [0.15, 0.2) is 0 Å². The third kappa shape index (κ3) is 2.27. The molecule has 1 aromatic rings. The molecular formula is C13H16O4S. The topological polar surface area (TPSA) is 52.6 Å². The monoisotopic (exact) mass is 268 g/mol. The Kier molecular flexibility index (Phi) is 4.01. The smallest absolute Gasteiger partial charge is 0.380 e. The lowest BCUT2D eigenvalue weighted by molar-refractivity contribution is -0.137. The van der Waals surface area contributed by atoms with Gasteiger partial charge in [0, 0.05) is 10.4 Å². The van der Waals surface area contributed by atoms with E-state index in [-0.39, 0.29) is 6.61 Å². The first-order valence-electron chi connectivity index (χ1n) is 6.09. The van der Waals surface area contributed by atoms with Crippen LogP contribution in [0.15, 0.2) is 0 Å². The summed E-state index contributed by atoms with van der Waals surface area (Å²) >= 11 is 1.37. The van der Waals surface area contributed by atoms with Crippen molar-refractivity contribution in [3.63, 3.8) is 0 Å². The molecule has 0 bridgehead atoms. The van der Waals surface area contributed by atoms with E-state index in [1.165, 1.54) is 16.2 Å². The van der Waals surface area contributed by atoms with Gasteiger partial charge in [0.05, 0.1) is 13.7 Å². The van der Waals surface area contributed by atoms with E-state index in [0.717, 1.165) is 31.2 Å². The number of ether oxygens (including phenoxy) is 2. The summed E-state index contributed by atoms with van der Waals surface area (Å²) in [5.74, 6) is -0.810. The molecule has 1 aliphatic rings. The molecule has 1 aromatic heterocycles. The Morgan fingerprint density at radius 1 is 1.28 bits per heavy atom. The van der Waals surface area contributed by atoms with Crippen LogP contribution in [0.4, 0.5) is 0 Å². The third-order valence-corrected chi connectivity index (χ3v) is 4.27. The quantitative estimate of drug-likeness (QED) is 0.478. The van der Waals surface area contributed by atoms with Crippen molar-refractivity contribution in [1.82, 2.24) is 0 Å². The molecule has 5 heteroatoms. The molecule has 0 radical (unpaired) electrons. The number of rotatable bonds is 4. The van der Waals surface area contributed by atoms with Crippen molar-refractivity contribution in [1.29, 1.82) is 0 Å². The van der Waals surface area contributed by atoms with Gasteiger partial charge < -0.3 is 9.47 Å². The lowest BCUT2D eigenvalue weighted by Crippen LogP contribution is -2.17. The summed E-state index contributed by atoms with van der Waals surface area (Å²) in [5.41, 5.74) is 1.10. The maximum absolute atomic E-state index is 12.0. The minimum absolute atomic E-state index is 0.206. The molecular weight excluding hydrogens is 252 g/mol. The van der Waals surface area contributed by atoms with E-state index in [9.17, 15) is 9.59 Å². The number of esters is 1. The summed E-state index contributed by atoms with van der Waals surface area (Å²) in [6.07, 6.45) is 4.12. The van der Waals surface area contributed by atoms with E-state index >= 15 is 0 Å². The first kappa shape index (κ1) is 13.1. The van der Waals surface area contributed by atoms with Gasteiger partial charge in [-0.15, -0.1) is 11.3 Å². The van der Waals surface area contributed by atoms with Gasteiger partial charge >= 0.3 is 5.97 Å². The van der Waals surface area contributed by atoms with E-state index in [0.29, 0.717) is 10.6 Å². The van der Waals surface area contributed by atoms with Crippen LogP contribution in [0.2, 0.25) is 0 Å². The number of methoxy groups -OCH3 is 1. The summed E-state index contributed by atoms with van der Waals surface area (Å²) in [4.78, 5) is 25.1. The maximum atomic E-state index is 12.0. The molecule has 18 heavy (non-hydrogen) atoms. The molecule has 0 spiro atoms. The maximum Gasteiger partial charge on any atom is 0.380 e. The summed E-state index contributed by atoms with van der Waals surface area (Å²) in [5, 5.41) is 0. The summed E-state index contributed by atoms with van der Waals surface area (Å²) in [6, 6.07) is 0. The highest BCUT2D eigenvalue weighted by atomic mass is 32.1. The van der Waals surface area contributed by atoms with Crippen molar-refractivity contribution in [2.24, 2.45) is 0 Å². The van der Waals surface area contributed by atoms with Crippen molar-refractivity contribution in [3.05, 3.63) is 15.3 Å². The lowest BCUT2D eigenvalue weighted by atomic mass is 9.98. The van der Waals surface area contributed by atoms with E-state index in [1.807, 2.05) is 0 Å². The number of thiophene rings is 1. The van der Waals surface area contributed by atoms with E-state index < -0.39 is 11.8 Å². The second-order valence-electron chi connectivity index (χ2n) is 4.12. The van der Waals surface area contributed by atoms with Crippen LogP contribution >= 0.6 is 11.3 Å². The van der Waals surface area contributed by atoms with Gasteiger partial charge in [-0.1, -0.05) is 0 Å². The zero-order valence-electron chi connectivity index (χ0n) is 10.6. The number of carbonyl (C=O) groups is 2. The number of carbonyl (C=O) groups excluding carboxylic acids is 2. The average Bonchev–Trinajstić information content (AvgIpc) is 2.76. The number of hydrogen-bond donors (Lipinski definition) is 0. The fraction of sp³-hybridized carbons (Fsp3) is 0.538. The zero-order chi connectivity index (χ0) is 13.1. The number of aryl methyl sites for hydroxylation is 1. The highest BCUT2D eigenvalue weighted by Gasteiger charge is 2.29. The highest BCUT2D eigenvalue weighted by Crippen LogP contribution is 2.40. The molecule has 1 aliphatic carbocycles. The van der Waals surface area contributed by atoms with E-state index in [1.54, 1.807) is 14.0 Å². The lowest BCUT2D eigenvalue weighted by Gasteiger charge is -2.11. The van der Waals surface area contributed by atoms with Crippen molar-refractivity contribution < 1.29 is 19.1 Å². The standard InChI is InChI=1S/C13H16O4S/c1-3-17-13(15)10(14)12-11(16-2)8-6-4-5-7-9(8)18-12/h3-7H2,1-2H3. The van der Waals surface area contributed by atoms with Crippen molar-refractivity contribution in [2.75, 3.05) is 13.7 Å². The second-order valence-corrected chi connectivity index (χ2v) is 5.23. The van der Waals surface area contributed by atoms with Gasteiger partial charge in [0.25, 0.3) is 5.78 Å². The zero-order valence-corrected chi connectivity index (χ0v) is 11.4. The van der Waals surface area contributed by atoms with Crippen molar-refractivity contribution >= 4 is 23.1 Å². The number of Topliss-reactive ketones (excluding diaryl/α,β-unsaturated/α-hetero) is 1. The second kappa shape index (κ2) is 5.52. The molecule has 0 unspecified atom stereocenters. The van der Waals surface area contributed by atoms with Crippen LogP contribution in [-0.2, 0) is 22.4 Å². The van der Waals surface area contributed by atoms with Crippen LogP contribution in [0.25, 0.3) is 0 Å². The van der Waals surface area contributed by atoms with Crippen LogP contribution in [0.3, 0.4) is 0 Å². The Morgan fingerprint density at radius 2 is 2.00 bits per heavy atom. The predicted molar refractivity (Wildman–Crippen MR) is 68.5 cm³/mol. The molecule has 0 N–H and O–H groups in total. The van der Waals surface area contributed by atoms with Crippen molar-refractivity contribution in [2.45, 2.75) is 32.6 Å². The molecule has 0 amide bonds. The molecule has 0 atom stereocenters. The molecule has 4 nitrogen and oxygen atoms in total. The Balaban J connectivity index is 2.35. The Morgan fingerprint density at radius 3 is 2.67 bits per heavy atom. The highest BCUT2D eigenvalue weighted by molar-refractivity contribution is 7.15. The minimum atomic E-state index is -0.797. The van der Waals surface area contributed by atoms with Gasteiger partial charge in [-0.2, -0.15) is 0 Å². The molecule has 2 rings (SSSR count). The molecule has 1 heterocycles. The number of fused-ring (bicyclic) bond motifs is 1. The molecule has 0 aromatic carbocycles. The SMILES string of the molecule is CCOC(=O)C(=O)c1sc2c(c1OC)CCCC2. The number of hydrogen-bond acceptors (Lipinski definition) is 5. The minimum Gasteiger partial charge on any atom is -0.495 e. The molecule has 98 valence electrons. The van der Waals surface area contributed by atoms with E-state index in [4.69, 9.17) is 9.47 Å². The van der Waals surface area contributed by atoms with Gasteiger partial charge in [-0.25, -0.2) is 4.79 Å². The average molecular weight is 268 g/mol. The third-order valence-electron chi connectivity index (χ3n) is 2.99. The van der Waals surface area contributed by atoms with Crippen LogP contribution in [-0.4, -0.2) is 25.5 Å². The fourth-order valence-electron chi connectivity index (χ4n) is 2.19. The molecule has 0 saturated heterocycles. The summed E-state index contributed by atoms with van der Waals surface area (Å²) in [7, 11) is 1.54. The van der Waals surface area contributed by atoms with Crippen LogP contribution in [0, 0.1) is 0 Å². The van der Waals surface area contributed by atoms with Crippen LogP contribution < -0.4 is 4.74 Å². The number of ketones is 1. The van der Waals surface area contributed by atoms with Crippen LogP contribution in [0.1, 0.15) is 39.9 Å². The van der Waals surface area contributed by atoms with Gasteiger partial charge in [-0.3, -0.25) is 4.79 Å². The predicted octanol–water partition coefficient (Wildman–Crippen LogP) is 2.38. The van der Waals surface area contributed by atoms with E-state index in [2.05, 4.69) is 0 Å². The molecule has 0 saturated carbocycles. The van der Waals surface area contributed by atoms with Gasteiger partial charge in [0.2, 0.25) is 0 Å². The fourth-order valence-corrected chi connectivity index (χ4v) is 3.48. The first-order chi connectivity index (χ1) is 8.69. The summed E-state index contributed by atoms with van der Waals surface area (Å²) < 4.78 is 10.1. The van der Waals surface area contributed by atoms with Crippen molar-refractivity contribution in [3.8, 4) is 5.75 Å². The Labute approximate surface area is 110 Å². The molecule has 0 fully saturated rings. The van der Waals surface area contributed by atoms with Crippen LogP contribution in [0.5, 0.6) is 5.75 Å². The normalized spacial score (nSPS) is 13.9. The molecule has 0 aliphatic heterocycles. The first-order valence-corrected chi connectivity index (χ1v) is 6.90. The largest absolute Gasteiger partial charge is 0.495 e. The Bertz CT molecular complexity index is 476. The Hall–Kier alpha value is -1.36. The van der Waals surface area contributed by atoms with Gasteiger partial charge in [-0.05, 0) is 32.6 Å².